The van der Waals surface area contributed by atoms with Crippen molar-refractivity contribution in [2.24, 2.45) is 11.8 Å². The van der Waals surface area contributed by atoms with Crippen LogP contribution in [0.2, 0.25) is 0 Å². The van der Waals surface area contributed by atoms with Gasteiger partial charge in [-0.25, -0.2) is 0 Å². The smallest absolute Gasteiger partial charge is 0.120 e. The minimum absolute atomic E-state index is 0.245. The predicted molar refractivity (Wildman–Crippen MR) is 86.0 cm³/mol. The Morgan fingerprint density at radius 3 is 2.67 bits per heavy atom. The maximum Gasteiger partial charge on any atom is 0.120 e. The molecule has 21 heavy (non-hydrogen) atoms. The summed E-state index contributed by atoms with van der Waals surface area (Å²) in [5.74, 6) is 7.69. The zero-order chi connectivity index (χ0) is 14.5. The molecule has 2 aliphatic carbocycles. The van der Waals surface area contributed by atoms with Crippen LogP contribution in [0.15, 0.2) is 24.3 Å². The first-order chi connectivity index (χ1) is 10.3. The highest BCUT2D eigenvalue weighted by Crippen LogP contribution is 2.32. The first-order valence-electron chi connectivity index (χ1n) is 8.58. The van der Waals surface area contributed by atoms with E-state index in [0.29, 0.717) is 6.10 Å². The zero-order valence-electron chi connectivity index (χ0n) is 12.9. The quantitative estimate of drug-likeness (QED) is 0.587. The van der Waals surface area contributed by atoms with Crippen LogP contribution in [0.1, 0.15) is 69.4 Å². The van der Waals surface area contributed by atoms with Crippen molar-refractivity contribution < 1.29 is 4.74 Å². The lowest BCUT2D eigenvalue weighted by atomic mass is 9.84. The van der Waals surface area contributed by atoms with Gasteiger partial charge in [-0.1, -0.05) is 44.2 Å². The Kier molecular flexibility index (Phi) is 5.15. The van der Waals surface area contributed by atoms with Gasteiger partial charge in [0, 0.05) is 6.04 Å². The molecule has 2 fully saturated rings. The largest absolute Gasteiger partial charge is 0.490 e. The topological polar surface area (TPSA) is 47.3 Å². The molecule has 0 amide bonds. The third-order valence-electron chi connectivity index (χ3n) is 4.88. The second-order valence-corrected chi connectivity index (χ2v) is 6.69. The molecule has 2 saturated carbocycles. The van der Waals surface area contributed by atoms with Crippen LogP contribution in [0.4, 0.5) is 0 Å². The molecule has 1 aromatic carbocycles. The minimum atomic E-state index is 0.245. The maximum atomic E-state index is 5.89. The summed E-state index contributed by atoms with van der Waals surface area (Å²) in [4.78, 5) is 0. The number of rotatable bonds is 7. The summed E-state index contributed by atoms with van der Waals surface area (Å²) in [6, 6.07) is 8.69. The van der Waals surface area contributed by atoms with E-state index in [1.54, 1.807) is 0 Å². The normalized spacial score (nSPS) is 21.2. The Hall–Kier alpha value is -1.06. The lowest BCUT2D eigenvalue weighted by Crippen LogP contribution is -2.28. The van der Waals surface area contributed by atoms with Crippen LogP contribution >= 0.6 is 0 Å². The van der Waals surface area contributed by atoms with Gasteiger partial charge in [0.1, 0.15) is 5.75 Å². The highest BCUT2D eigenvalue weighted by atomic mass is 16.5. The number of ether oxygens (including phenoxy) is 1. The molecule has 116 valence electrons. The van der Waals surface area contributed by atoms with Crippen molar-refractivity contribution >= 4 is 0 Å². The van der Waals surface area contributed by atoms with Crippen LogP contribution < -0.4 is 16.0 Å². The number of hydrogen-bond acceptors (Lipinski definition) is 3. The summed E-state index contributed by atoms with van der Waals surface area (Å²) in [5, 5.41) is 0. The van der Waals surface area contributed by atoms with E-state index in [-0.39, 0.29) is 6.04 Å². The Bertz CT molecular complexity index is 439. The van der Waals surface area contributed by atoms with Gasteiger partial charge < -0.3 is 4.74 Å². The van der Waals surface area contributed by atoms with Gasteiger partial charge in [0.15, 0.2) is 0 Å². The molecule has 0 heterocycles. The molecule has 0 saturated heterocycles. The first-order valence-corrected chi connectivity index (χ1v) is 8.58. The van der Waals surface area contributed by atoms with Crippen LogP contribution in [0, 0.1) is 5.92 Å². The Morgan fingerprint density at radius 1 is 1.14 bits per heavy atom. The Morgan fingerprint density at radius 2 is 1.95 bits per heavy atom. The average molecular weight is 288 g/mol. The summed E-state index contributed by atoms with van der Waals surface area (Å²) in [7, 11) is 0. The Labute approximate surface area is 128 Å². The Balaban J connectivity index is 1.56. The van der Waals surface area contributed by atoms with Gasteiger partial charge in [-0.2, -0.15) is 0 Å². The third-order valence-corrected chi connectivity index (χ3v) is 4.88. The molecule has 1 atom stereocenters. The summed E-state index contributed by atoms with van der Waals surface area (Å²) in [6.45, 7) is 0. The van der Waals surface area contributed by atoms with Crippen molar-refractivity contribution in [2.75, 3.05) is 0 Å². The fraction of sp³-hybridized carbons (Fsp3) is 0.667. The van der Waals surface area contributed by atoms with Crippen molar-refractivity contribution in [3.63, 3.8) is 0 Å². The molecule has 3 nitrogen and oxygen atoms in total. The molecule has 1 unspecified atom stereocenters. The van der Waals surface area contributed by atoms with Gasteiger partial charge in [0.25, 0.3) is 0 Å². The van der Waals surface area contributed by atoms with Crippen molar-refractivity contribution in [1.29, 1.82) is 0 Å². The highest BCUT2D eigenvalue weighted by Gasteiger charge is 2.24. The molecule has 0 bridgehead atoms. The number of hydrazine groups is 1. The SMILES string of the molecule is NNC(CCC1CCCCC1)c1cccc(OC2CC2)c1. The average Bonchev–Trinajstić information content (AvgIpc) is 3.33. The van der Waals surface area contributed by atoms with Gasteiger partial charge in [-0.15, -0.1) is 0 Å². The van der Waals surface area contributed by atoms with E-state index < -0.39 is 0 Å². The molecule has 1 aromatic rings. The van der Waals surface area contributed by atoms with Gasteiger partial charge in [0.05, 0.1) is 6.10 Å². The van der Waals surface area contributed by atoms with E-state index in [2.05, 4.69) is 29.7 Å². The van der Waals surface area contributed by atoms with Crippen molar-refractivity contribution in [2.45, 2.75) is 69.9 Å². The predicted octanol–water partition coefficient (Wildman–Crippen LogP) is 4.09. The van der Waals surface area contributed by atoms with Crippen LogP contribution in [0.3, 0.4) is 0 Å². The number of nitrogens with one attached hydrogen (secondary N) is 1. The molecule has 2 aliphatic rings. The molecular formula is C18H28N2O. The van der Waals surface area contributed by atoms with Crippen molar-refractivity contribution in [1.82, 2.24) is 5.43 Å². The molecule has 0 radical (unpaired) electrons. The molecule has 3 heteroatoms. The maximum absolute atomic E-state index is 5.89. The van der Waals surface area contributed by atoms with Crippen LogP contribution in [-0.2, 0) is 0 Å². The van der Waals surface area contributed by atoms with E-state index in [0.717, 1.165) is 18.1 Å². The standard InChI is InChI=1S/C18H28N2O/c19-20-18(12-9-14-5-2-1-3-6-14)15-7-4-8-17(13-15)21-16-10-11-16/h4,7-8,13-14,16,18,20H,1-3,5-6,9-12,19H2. The van der Waals surface area contributed by atoms with Gasteiger partial charge in [0.2, 0.25) is 0 Å². The minimum Gasteiger partial charge on any atom is -0.490 e. The van der Waals surface area contributed by atoms with E-state index in [9.17, 15) is 0 Å². The van der Waals surface area contributed by atoms with Gasteiger partial charge in [-0.05, 0) is 49.3 Å². The van der Waals surface area contributed by atoms with E-state index >= 15 is 0 Å². The van der Waals surface area contributed by atoms with Crippen LogP contribution in [0.5, 0.6) is 5.75 Å². The second kappa shape index (κ2) is 7.28. The monoisotopic (exact) mass is 288 g/mol. The second-order valence-electron chi connectivity index (χ2n) is 6.69. The molecular weight excluding hydrogens is 260 g/mol. The fourth-order valence-electron chi connectivity index (χ4n) is 3.41. The summed E-state index contributed by atoms with van der Waals surface area (Å²) in [6.07, 6.45) is 12.3. The summed E-state index contributed by atoms with van der Waals surface area (Å²) >= 11 is 0. The number of hydrogen-bond donors (Lipinski definition) is 2. The zero-order valence-corrected chi connectivity index (χ0v) is 12.9. The van der Waals surface area contributed by atoms with E-state index in [1.165, 1.54) is 56.9 Å². The van der Waals surface area contributed by atoms with Crippen molar-refractivity contribution in [3.8, 4) is 5.75 Å². The van der Waals surface area contributed by atoms with Crippen LogP contribution in [-0.4, -0.2) is 6.10 Å². The van der Waals surface area contributed by atoms with Crippen LogP contribution in [0.25, 0.3) is 0 Å². The lowest BCUT2D eigenvalue weighted by Gasteiger charge is -2.24. The number of nitrogens with two attached hydrogens (primary N) is 1. The highest BCUT2D eigenvalue weighted by molar-refractivity contribution is 5.31. The van der Waals surface area contributed by atoms with Crippen molar-refractivity contribution in [3.05, 3.63) is 29.8 Å². The molecule has 3 N–H and O–H groups in total. The van der Waals surface area contributed by atoms with Gasteiger partial charge in [-0.3, -0.25) is 11.3 Å². The number of benzene rings is 1. The molecule has 0 aliphatic heterocycles. The van der Waals surface area contributed by atoms with Gasteiger partial charge >= 0.3 is 0 Å². The summed E-state index contributed by atoms with van der Waals surface area (Å²) < 4.78 is 5.89. The summed E-state index contributed by atoms with van der Waals surface area (Å²) in [5.41, 5.74) is 4.25. The lowest BCUT2D eigenvalue weighted by molar-refractivity contribution is 0.301. The van der Waals surface area contributed by atoms with E-state index in [1.807, 2.05) is 0 Å². The van der Waals surface area contributed by atoms with E-state index in [4.69, 9.17) is 10.6 Å². The molecule has 0 spiro atoms. The third kappa shape index (κ3) is 4.45. The molecule has 0 aromatic heterocycles. The molecule has 3 rings (SSSR count). The fourth-order valence-corrected chi connectivity index (χ4v) is 3.41. The first kappa shape index (κ1) is 14.9.